The SMILES string of the molecule is COc1ccc(N2CCN(C(=O)c3csc(CN(C(=O)Nc4ccc(Cl)c(Cl)c4)C(C)C)n3)CC2)cc1. The molecule has 2 aromatic carbocycles. The molecule has 1 aromatic heterocycles. The summed E-state index contributed by atoms with van der Waals surface area (Å²) in [5.41, 5.74) is 2.07. The van der Waals surface area contributed by atoms with Crippen LogP contribution in [0.25, 0.3) is 0 Å². The van der Waals surface area contributed by atoms with Crippen molar-refractivity contribution in [1.29, 1.82) is 0 Å². The Morgan fingerprint density at radius 2 is 1.78 bits per heavy atom. The number of halogens is 2. The first-order valence-electron chi connectivity index (χ1n) is 11.9. The Morgan fingerprint density at radius 3 is 2.41 bits per heavy atom. The van der Waals surface area contributed by atoms with E-state index < -0.39 is 0 Å². The van der Waals surface area contributed by atoms with Crippen LogP contribution in [0.15, 0.2) is 47.8 Å². The molecule has 1 aliphatic rings. The average molecular weight is 563 g/mol. The second-order valence-corrected chi connectivity index (χ2v) is 10.6. The number of piperazine rings is 1. The number of rotatable bonds is 7. The largest absolute Gasteiger partial charge is 0.497 e. The molecule has 3 amide bonds. The fourth-order valence-electron chi connectivity index (χ4n) is 4.01. The van der Waals surface area contributed by atoms with Crippen molar-refractivity contribution >= 4 is 57.9 Å². The summed E-state index contributed by atoms with van der Waals surface area (Å²) >= 11 is 13.4. The lowest BCUT2D eigenvalue weighted by Crippen LogP contribution is -2.48. The Balaban J connectivity index is 1.35. The molecule has 0 aliphatic carbocycles. The third kappa shape index (κ3) is 6.66. The molecule has 1 aliphatic heterocycles. The molecule has 3 aromatic rings. The number of methoxy groups -OCH3 is 1. The molecule has 0 unspecified atom stereocenters. The Bertz CT molecular complexity index is 1240. The van der Waals surface area contributed by atoms with E-state index in [2.05, 4.69) is 15.2 Å². The van der Waals surface area contributed by atoms with E-state index >= 15 is 0 Å². The summed E-state index contributed by atoms with van der Waals surface area (Å²) in [6.07, 6.45) is 0. The normalized spacial score (nSPS) is 13.6. The number of thiazole rings is 1. The van der Waals surface area contributed by atoms with Crippen molar-refractivity contribution in [3.63, 3.8) is 0 Å². The van der Waals surface area contributed by atoms with Gasteiger partial charge in [0.2, 0.25) is 0 Å². The van der Waals surface area contributed by atoms with Crippen LogP contribution >= 0.6 is 34.5 Å². The van der Waals surface area contributed by atoms with E-state index in [0.29, 0.717) is 39.5 Å². The third-order valence-electron chi connectivity index (χ3n) is 6.14. The van der Waals surface area contributed by atoms with Crippen LogP contribution in [-0.4, -0.2) is 66.1 Å². The van der Waals surface area contributed by atoms with Gasteiger partial charge in [0, 0.05) is 49.0 Å². The minimum atomic E-state index is -0.286. The summed E-state index contributed by atoms with van der Waals surface area (Å²) < 4.78 is 5.23. The Kier molecular flexibility index (Phi) is 8.79. The number of benzene rings is 2. The Labute approximate surface area is 230 Å². The van der Waals surface area contributed by atoms with Gasteiger partial charge in [0.05, 0.1) is 23.7 Å². The fraction of sp³-hybridized carbons (Fsp3) is 0.346. The maximum atomic E-state index is 13.1. The summed E-state index contributed by atoms with van der Waals surface area (Å²) in [6, 6.07) is 12.5. The lowest BCUT2D eigenvalue weighted by Gasteiger charge is -2.35. The molecular formula is C26H29Cl2N5O3S. The van der Waals surface area contributed by atoms with Crippen LogP contribution in [-0.2, 0) is 6.54 Å². The van der Waals surface area contributed by atoms with Crippen molar-refractivity contribution in [1.82, 2.24) is 14.8 Å². The maximum Gasteiger partial charge on any atom is 0.322 e. The zero-order valence-corrected chi connectivity index (χ0v) is 23.2. The number of ether oxygens (including phenoxy) is 1. The fourth-order valence-corrected chi connectivity index (χ4v) is 5.07. The molecule has 1 N–H and O–H groups in total. The minimum Gasteiger partial charge on any atom is -0.497 e. The molecule has 1 saturated heterocycles. The maximum absolute atomic E-state index is 13.1. The first-order chi connectivity index (χ1) is 17.7. The van der Waals surface area contributed by atoms with Crippen LogP contribution in [0.3, 0.4) is 0 Å². The lowest BCUT2D eigenvalue weighted by atomic mass is 10.2. The van der Waals surface area contributed by atoms with E-state index in [0.717, 1.165) is 24.5 Å². The number of aromatic nitrogens is 1. The lowest BCUT2D eigenvalue weighted by molar-refractivity contribution is 0.0741. The van der Waals surface area contributed by atoms with Crippen LogP contribution in [0.4, 0.5) is 16.2 Å². The third-order valence-corrected chi connectivity index (χ3v) is 7.71. The van der Waals surface area contributed by atoms with Crippen LogP contribution in [0, 0.1) is 0 Å². The van der Waals surface area contributed by atoms with E-state index in [-0.39, 0.29) is 24.5 Å². The highest BCUT2D eigenvalue weighted by atomic mass is 35.5. The van der Waals surface area contributed by atoms with Crippen molar-refractivity contribution in [3.05, 3.63) is 68.6 Å². The molecule has 0 saturated carbocycles. The number of nitrogens with one attached hydrogen (secondary N) is 1. The first kappa shape index (κ1) is 27.0. The van der Waals surface area contributed by atoms with Gasteiger partial charge in [-0.3, -0.25) is 4.79 Å². The Hall–Kier alpha value is -3.01. The van der Waals surface area contributed by atoms with Crippen LogP contribution in [0.5, 0.6) is 5.75 Å². The second kappa shape index (κ2) is 12.0. The summed E-state index contributed by atoms with van der Waals surface area (Å²) in [7, 11) is 1.65. The topological polar surface area (TPSA) is 78.0 Å². The molecule has 0 atom stereocenters. The first-order valence-corrected chi connectivity index (χ1v) is 13.5. The zero-order valence-electron chi connectivity index (χ0n) is 20.9. The van der Waals surface area contributed by atoms with Crippen molar-refractivity contribution in [3.8, 4) is 5.75 Å². The number of hydrogen-bond donors (Lipinski definition) is 1. The van der Waals surface area contributed by atoms with Gasteiger partial charge in [-0.1, -0.05) is 23.2 Å². The highest BCUT2D eigenvalue weighted by Crippen LogP contribution is 2.26. The van der Waals surface area contributed by atoms with Crippen molar-refractivity contribution in [2.24, 2.45) is 0 Å². The van der Waals surface area contributed by atoms with E-state index in [4.69, 9.17) is 27.9 Å². The number of hydrogen-bond acceptors (Lipinski definition) is 6. The molecule has 8 nitrogen and oxygen atoms in total. The highest BCUT2D eigenvalue weighted by Gasteiger charge is 2.25. The summed E-state index contributed by atoms with van der Waals surface area (Å²) in [5, 5.41) is 6.09. The summed E-state index contributed by atoms with van der Waals surface area (Å²) in [5.74, 6) is 0.730. The molecule has 37 heavy (non-hydrogen) atoms. The molecular weight excluding hydrogens is 533 g/mol. The molecule has 0 bridgehead atoms. The molecule has 0 radical (unpaired) electrons. The number of anilines is 2. The van der Waals surface area contributed by atoms with Crippen LogP contribution < -0.4 is 15.0 Å². The number of amides is 3. The molecule has 11 heteroatoms. The van der Waals surface area contributed by atoms with Gasteiger partial charge < -0.3 is 24.8 Å². The summed E-state index contributed by atoms with van der Waals surface area (Å²) in [6.45, 7) is 6.85. The Morgan fingerprint density at radius 1 is 1.08 bits per heavy atom. The van der Waals surface area contributed by atoms with Gasteiger partial charge in [-0.05, 0) is 56.3 Å². The quantitative estimate of drug-likeness (QED) is 0.390. The van der Waals surface area contributed by atoms with Gasteiger partial charge in [-0.25, -0.2) is 9.78 Å². The molecule has 1 fully saturated rings. The van der Waals surface area contributed by atoms with Gasteiger partial charge in [0.25, 0.3) is 5.91 Å². The van der Waals surface area contributed by atoms with Crippen molar-refractivity contribution < 1.29 is 14.3 Å². The van der Waals surface area contributed by atoms with Gasteiger partial charge in [-0.2, -0.15) is 0 Å². The van der Waals surface area contributed by atoms with Crippen molar-refractivity contribution in [2.45, 2.75) is 26.4 Å². The van der Waals surface area contributed by atoms with Crippen molar-refractivity contribution in [2.75, 3.05) is 43.5 Å². The predicted molar refractivity (Wildman–Crippen MR) is 149 cm³/mol. The predicted octanol–water partition coefficient (Wildman–Crippen LogP) is 5.86. The number of carbonyl (C=O) groups is 2. The highest BCUT2D eigenvalue weighted by molar-refractivity contribution is 7.09. The number of carbonyl (C=O) groups excluding carboxylic acids is 2. The molecule has 0 spiro atoms. The van der Waals surface area contributed by atoms with Crippen LogP contribution in [0.2, 0.25) is 10.0 Å². The van der Waals surface area contributed by atoms with Gasteiger partial charge in [0.15, 0.2) is 0 Å². The minimum absolute atomic E-state index is 0.0862. The average Bonchev–Trinajstić information content (AvgIpc) is 3.37. The smallest absolute Gasteiger partial charge is 0.322 e. The second-order valence-electron chi connectivity index (χ2n) is 8.88. The zero-order chi connectivity index (χ0) is 26.5. The van der Waals surface area contributed by atoms with E-state index in [1.807, 2.05) is 43.0 Å². The van der Waals surface area contributed by atoms with E-state index in [1.165, 1.54) is 11.3 Å². The van der Waals surface area contributed by atoms with E-state index in [1.54, 1.807) is 35.6 Å². The molecule has 196 valence electrons. The van der Waals surface area contributed by atoms with E-state index in [9.17, 15) is 9.59 Å². The number of nitrogens with zero attached hydrogens (tertiary/aromatic N) is 4. The molecule has 2 heterocycles. The summed E-state index contributed by atoms with van der Waals surface area (Å²) in [4.78, 5) is 36.4. The van der Waals surface area contributed by atoms with Gasteiger partial charge >= 0.3 is 6.03 Å². The molecule has 4 rings (SSSR count). The standard InChI is InChI=1S/C26H29Cl2N5O3S/c1-17(2)33(26(35)29-18-4-9-21(27)22(28)14-18)15-24-30-23(16-37-24)25(34)32-12-10-31(11-13-32)19-5-7-20(36-3)8-6-19/h4-9,14,16-17H,10-13,15H2,1-3H3,(H,29,35). The van der Waals surface area contributed by atoms with Gasteiger partial charge in [-0.15, -0.1) is 11.3 Å². The monoisotopic (exact) mass is 561 g/mol. The van der Waals surface area contributed by atoms with Crippen LogP contribution in [0.1, 0.15) is 29.3 Å². The van der Waals surface area contributed by atoms with Gasteiger partial charge in [0.1, 0.15) is 16.5 Å². The number of urea groups is 1.